The van der Waals surface area contributed by atoms with Crippen molar-refractivity contribution in [3.05, 3.63) is 65.2 Å². The summed E-state index contributed by atoms with van der Waals surface area (Å²) in [6.07, 6.45) is 4.10. The van der Waals surface area contributed by atoms with Crippen molar-refractivity contribution in [2.45, 2.75) is 13.5 Å². The fraction of sp³-hybridized carbons (Fsp3) is 0.105. The van der Waals surface area contributed by atoms with Gasteiger partial charge in [-0.25, -0.2) is 15.0 Å². The Morgan fingerprint density at radius 2 is 2.00 bits per heavy atom. The van der Waals surface area contributed by atoms with Gasteiger partial charge in [0, 0.05) is 30.1 Å². The number of aliphatic hydroxyl groups is 1. The quantitative estimate of drug-likeness (QED) is 0.498. The van der Waals surface area contributed by atoms with Gasteiger partial charge >= 0.3 is 0 Å². The first-order valence-corrected chi connectivity index (χ1v) is 8.10. The molecule has 0 radical (unpaired) electrons. The summed E-state index contributed by atoms with van der Waals surface area (Å²) in [6, 6.07) is 11.0. The monoisotopic (exact) mass is 359 g/mol. The largest absolute Gasteiger partial charge is 0.390 e. The first-order chi connectivity index (χ1) is 13.1. The molecule has 0 saturated heterocycles. The fourth-order valence-corrected chi connectivity index (χ4v) is 2.50. The molecule has 2 aromatic heterocycles. The lowest BCUT2D eigenvalue weighted by atomic mass is 10.1. The third-order valence-corrected chi connectivity index (χ3v) is 3.89. The van der Waals surface area contributed by atoms with Gasteiger partial charge in [-0.05, 0) is 18.6 Å². The SMILES string of the molecule is Cc1cccc(C#N)c1Nc1cc(Nc2cc(CO)ncn2)ncc1C=N. The number of aryl methyl sites for hydroxylation is 1. The van der Waals surface area contributed by atoms with Crippen molar-refractivity contribution in [1.29, 1.82) is 10.7 Å². The lowest BCUT2D eigenvalue weighted by molar-refractivity contribution is 0.276. The fourth-order valence-electron chi connectivity index (χ4n) is 2.50. The second-order valence-electron chi connectivity index (χ2n) is 5.71. The Balaban J connectivity index is 1.95. The van der Waals surface area contributed by atoms with E-state index in [1.165, 1.54) is 12.5 Å². The van der Waals surface area contributed by atoms with Crippen LogP contribution in [0.25, 0.3) is 0 Å². The number of aliphatic hydroxyl groups excluding tert-OH is 1. The number of benzene rings is 1. The molecule has 8 nitrogen and oxygen atoms in total. The van der Waals surface area contributed by atoms with Crippen LogP contribution in [-0.4, -0.2) is 26.3 Å². The minimum absolute atomic E-state index is 0.186. The number of nitriles is 1. The van der Waals surface area contributed by atoms with Crippen LogP contribution in [0.4, 0.5) is 23.0 Å². The predicted molar refractivity (Wildman–Crippen MR) is 103 cm³/mol. The molecule has 3 rings (SSSR count). The van der Waals surface area contributed by atoms with Gasteiger partial charge in [0.25, 0.3) is 0 Å². The van der Waals surface area contributed by atoms with E-state index in [-0.39, 0.29) is 6.61 Å². The molecule has 0 aliphatic carbocycles. The molecule has 0 fully saturated rings. The third-order valence-electron chi connectivity index (χ3n) is 3.89. The highest BCUT2D eigenvalue weighted by Gasteiger charge is 2.10. The van der Waals surface area contributed by atoms with E-state index in [2.05, 4.69) is 31.7 Å². The Bertz CT molecular complexity index is 1030. The molecule has 0 aliphatic rings. The Morgan fingerprint density at radius 3 is 2.74 bits per heavy atom. The molecule has 0 bridgehead atoms. The van der Waals surface area contributed by atoms with E-state index in [4.69, 9.17) is 5.41 Å². The molecule has 3 aromatic rings. The molecule has 27 heavy (non-hydrogen) atoms. The van der Waals surface area contributed by atoms with Gasteiger partial charge in [0.15, 0.2) is 0 Å². The van der Waals surface area contributed by atoms with Crippen LogP contribution in [0.1, 0.15) is 22.4 Å². The van der Waals surface area contributed by atoms with E-state index in [1.807, 2.05) is 19.1 Å². The molecular formula is C19H17N7O. The number of para-hydroxylation sites is 1. The summed E-state index contributed by atoms with van der Waals surface area (Å²) in [5.74, 6) is 0.987. The molecular weight excluding hydrogens is 342 g/mol. The van der Waals surface area contributed by atoms with E-state index in [1.54, 1.807) is 24.4 Å². The van der Waals surface area contributed by atoms with Crippen LogP contribution in [-0.2, 0) is 6.61 Å². The van der Waals surface area contributed by atoms with Crippen molar-refractivity contribution in [1.82, 2.24) is 15.0 Å². The summed E-state index contributed by atoms with van der Waals surface area (Å²) >= 11 is 0. The van der Waals surface area contributed by atoms with E-state index in [0.29, 0.717) is 39.8 Å². The van der Waals surface area contributed by atoms with Crippen molar-refractivity contribution in [2.24, 2.45) is 0 Å². The Kier molecular flexibility index (Phi) is 5.35. The first-order valence-electron chi connectivity index (χ1n) is 8.10. The summed E-state index contributed by atoms with van der Waals surface area (Å²) in [4.78, 5) is 12.3. The first kappa shape index (κ1) is 18.0. The van der Waals surface area contributed by atoms with Gasteiger partial charge in [0.1, 0.15) is 24.0 Å². The number of pyridine rings is 1. The van der Waals surface area contributed by atoms with Crippen LogP contribution in [0.15, 0.2) is 42.9 Å². The van der Waals surface area contributed by atoms with Crippen molar-refractivity contribution >= 4 is 29.2 Å². The average molecular weight is 359 g/mol. The lowest BCUT2D eigenvalue weighted by Gasteiger charge is -2.15. The van der Waals surface area contributed by atoms with Gasteiger partial charge in [0.2, 0.25) is 0 Å². The molecule has 0 saturated carbocycles. The standard InChI is InChI=1S/C19H17N7O/c1-12-3-2-4-13(7-20)19(12)25-16-6-18(22-9-14(16)8-21)26-17-5-15(10-27)23-11-24-17/h2-6,8-9,11,21,27H,10H2,1H3,(H2,22,23,24,25,26). The number of nitrogens with zero attached hydrogens (tertiary/aromatic N) is 4. The van der Waals surface area contributed by atoms with Gasteiger partial charge in [-0.1, -0.05) is 12.1 Å². The zero-order valence-electron chi connectivity index (χ0n) is 14.6. The molecule has 8 heteroatoms. The maximum Gasteiger partial charge on any atom is 0.135 e. The van der Waals surface area contributed by atoms with Gasteiger partial charge in [-0.2, -0.15) is 5.26 Å². The molecule has 0 spiro atoms. The van der Waals surface area contributed by atoms with E-state index >= 15 is 0 Å². The number of aromatic nitrogens is 3. The second-order valence-corrected chi connectivity index (χ2v) is 5.71. The van der Waals surface area contributed by atoms with Crippen LogP contribution < -0.4 is 10.6 Å². The number of rotatable bonds is 6. The predicted octanol–water partition coefficient (Wildman–Crippen LogP) is 3.03. The van der Waals surface area contributed by atoms with E-state index in [9.17, 15) is 10.4 Å². The normalized spacial score (nSPS) is 10.1. The second kappa shape index (κ2) is 8.03. The van der Waals surface area contributed by atoms with Gasteiger partial charge in [0.05, 0.1) is 29.2 Å². The van der Waals surface area contributed by atoms with Crippen LogP contribution in [0.2, 0.25) is 0 Å². The summed E-state index contributed by atoms with van der Waals surface area (Å²) in [5.41, 5.74) is 3.81. The Hall–Kier alpha value is -3.83. The van der Waals surface area contributed by atoms with Gasteiger partial charge < -0.3 is 21.1 Å². The lowest BCUT2D eigenvalue weighted by Crippen LogP contribution is -2.03. The van der Waals surface area contributed by atoms with Crippen LogP contribution >= 0.6 is 0 Å². The molecule has 0 amide bonds. The summed E-state index contributed by atoms with van der Waals surface area (Å²) in [5, 5.41) is 32.4. The molecule has 1 aromatic carbocycles. The summed E-state index contributed by atoms with van der Waals surface area (Å²) < 4.78 is 0. The minimum Gasteiger partial charge on any atom is -0.390 e. The molecule has 4 N–H and O–H groups in total. The molecule has 0 unspecified atom stereocenters. The van der Waals surface area contributed by atoms with E-state index < -0.39 is 0 Å². The molecule has 134 valence electrons. The van der Waals surface area contributed by atoms with Crippen LogP contribution in [0, 0.1) is 23.7 Å². The Labute approximate surface area is 156 Å². The van der Waals surface area contributed by atoms with Gasteiger partial charge in [-0.3, -0.25) is 0 Å². The van der Waals surface area contributed by atoms with E-state index in [0.717, 1.165) is 5.56 Å². The number of hydrogen-bond donors (Lipinski definition) is 4. The zero-order chi connectivity index (χ0) is 19.2. The highest BCUT2D eigenvalue weighted by molar-refractivity contribution is 5.89. The third kappa shape index (κ3) is 4.05. The molecule has 0 atom stereocenters. The smallest absolute Gasteiger partial charge is 0.135 e. The summed E-state index contributed by atoms with van der Waals surface area (Å²) in [7, 11) is 0. The number of nitrogens with one attached hydrogen (secondary N) is 3. The molecule has 2 heterocycles. The number of hydrogen-bond acceptors (Lipinski definition) is 8. The van der Waals surface area contributed by atoms with Crippen molar-refractivity contribution in [3.63, 3.8) is 0 Å². The molecule has 0 aliphatic heterocycles. The maximum atomic E-state index is 9.35. The van der Waals surface area contributed by atoms with Crippen LogP contribution in [0.3, 0.4) is 0 Å². The van der Waals surface area contributed by atoms with Crippen LogP contribution in [0.5, 0.6) is 0 Å². The Morgan fingerprint density at radius 1 is 1.19 bits per heavy atom. The maximum absolute atomic E-state index is 9.35. The highest BCUT2D eigenvalue weighted by atomic mass is 16.3. The topological polar surface area (TPSA) is 131 Å². The van der Waals surface area contributed by atoms with Gasteiger partial charge in [-0.15, -0.1) is 0 Å². The van der Waals surface area contributed by atoms with Crippen molar-refractivity contribution in [2.75, 3.05) is 10.6 Å². The summed E-state index contributed by atoms with van der Waals surface area (Å²) in [6.45, 7) is 1.72. The highest BCUT2D eigenvalue weighted by Crippen LogP contribution is 2.28. The zero-order valence-corrected chi connectivity index (χ0v) is 14.6. The minimum atomic E-state index is -0.186. The number of anilines is 4. The average Bonchev–Trinajstić information content (AvgIpc) is 2.70. The van der Waals surface area contributed by atoms with Crippen molar-refractivity contribution in [3.8, 4) is 6.07 Å². The van der Waals surface area contributed by atoms with Crippen molar-refractivity contribution < 1.29 is 5.11 Å².